The van der Waals surface area contributed by atoms with E-state index in [1.807, 2.05) is 35.0 Å². The van der Waals surface area contributed by atoms with Crippen molar-refractivity contribution in [3.8, 4) is 20.9 Å². The lowest BCUT2D eigenvalue weighted by atomic mass is 10.0. The van der Waals surface area contributed by atoms with Crippen molar-refractivity contribution in [2.24, 2.45) is 0 Å². The van der Waals surface area contributed by atoms with Gasteiger partial charge in [0.05, 0.1) is 0 Å². The molecule has 2 N–H and O–H groups in total. The van der Waals surface area contributed by atoms with Gasteiger partial charge in [0, 0.05) is 20.9 Å². The van der Waals surface area contributed by atoms with Crippen molar-refractivity contribution in [2.75, 3.05) is 0 Å². The Kier molecular flexibility index (Phi) is 3.62. The number of hydrogen-bond donors (Lipinski definition) is 2. The first-order valence-corrected chi connectivity index (χ1v) is 8.38. The van der Waals surface area contributed by atoms with E-state index in [4.69, 9.17) is 0 Å². The number of carboxylic acid groups (broad SMARTS) is 2. The molecule has 0 aliphatic rings. The summed E-state index contributed by atoms with van der Waals surface area (Å²) in [5.41, 5.74) is 1.00. The van der Waals surface area contributed by atoms with Crippen LogP contribution >= 0.6 is 34.0 Å². The highest BCUT2D eigenvalue weighted by molar-refractivity contribution is 7.19. The van der Waals surface area contributed by atoms with Crippen molar-refractivity contribution < 1.29 is 19.8 Å². The van der Waals surface area contributed by atoms with Gasteiger partial charge in [-0.15, -0.1) is 34.0 Å². The second-order valence-corrected chi connectivity index (χ2v) is 6.99. The van der Waals surface area contributed by atoms with Crippen LogP contribution in [-0.4, -0.2) is 22.2 Å². The zero-order valence-electron chi connectivity index (χ0n) is 10.4. The molecule has 0 aliphatic carbocycles. The van der Waals surface area contributed by atoms with E-state index in [0.717, 1.165) is 21.1 Å². The van der Waals surface area contributed by atoms with Crippen molar-refractivity contribution in [3.63, 3.8) is 0 Å². The van der Waals surface area contributed by atoms with E-state index in [0.29, 0.717) is 11.1 Å². The van der Waals surface area contributed by atoms with Crippen LogP contribution < -0.4 is 0 Å². The highest BCUT2D eigenvalue weighted by Gasteiger charge is 2.28. The predicted octanol–water partition coefficient (Wildman–Crippen LogP) is 4.60. The molecule has 0 saturated heterocycles. The minimum Gasteiger partial charge on any atom is -0.477 e. The van der Waals surface area contributed by atoms with Crippen molar-refractivity contribution in [3.05, 3.63) is 44.8 Å². The summed E-state index contributed by atoms with van der Waals surface area (Å²) in [5, 5.41) is 22.5. The molecule has 0 spiro atoms. The van der Waals surface area contributed by atoms with Crippen molar-refractivity contribution in [2.45, 2.75) is 0 Å². The van der Waals surface area contributed by atoms with Gasteiger partial charge in [-0.2, -0.15) is 0 Å². The Hall–Kier alpha value is -1.96. The minimum atomic E-state index is -1.10. The van der Waals surface area contributed by atoms with E-state index in [1.165, 1.54) is 22.7 Å². The van der Waals surface area contributed by atoms with Crippen LogP contribution in [0.5, 0.6) is 0 Å². The molecule has 3 aromatic rings. The molecule has 0 aliphatic heterocycles. The molecule has 0 unspecified atom stereocenters. The molecular formula is C14H8O4S3. The summed E-state index contributed by atoms with van der Waals surface area (Å²) in [6.07, 6.45) is 0. The number of rotatable bonds is 4. The Morgan fingerprint density at radius 3 is 1.52 bits per heavy atom. The number of carboxylic acids is 2. The first-order valence-electron chi connectivity index (χ1n) is 5.80. The molecule has 0 aromatic carbocycles. The molecule has 21 heavy (non-hydrogen) atoms. The SMILES string of the molecule is O=C(O)c1sc(C(=O)O)c(-c2cccs2)c1-c1cccs1. The molecule has 0 saturated carbocycles. The molecule has 106 valence electrons. The topological polar surface area (TPSA) is 74.6 Å². The molecule has 3 heterocycles. The Bertz CT molecular complexity index is 731. The van der Waals surface area contributed by atoms with Crippen LogP contribution in [0, 0.1) is 0 Å². The molecule has 0 radical (unpaired) electrons. The first kappa shape index (κ1) is 14.0. The maximum Gasteiger partial charge on any atom is 0.346 e. The van der Waals surface area contributed by atoms with Crippen LogP contribution in [0.3, 0.4) is 0 Å². The molecule has 0 amide bonds. The summed E-state index contributed by atoms with van der Waals surface area (Å²) < 4.78 is 0. The summed E-state index contributed by atoms with van der Waals surface area (Å²) in [6, 6.07) is 7.26. The van der Waals surface area contributed by atoms with Gasteiger partial charge in [0.1, 0.15) is 9.75 Å². The van der Waals surface area contributed by atoms with E-state index in [-0.39, 0.29) is 9.75 Å². The van der Waals surface area contributed by atoms with Crippen LogP contribution in [0.4, 0.5) is 0 Å². The zero-order valence-corrected chi connectivity index (χ0v) is 12.8. The maximum absolute atomic E-state index is 11.5. The Labute approximate surface area is 131 Å². The number of carbonyl (C=O) groups is 2. The monoisotopic (exact) mass is 336 g/mol. The third-order valence-electron chi connectivity index (χ3n) is 2.83. The van der Waals surface area contributed by atoms with E-state index < -0.39 is 11.9 Å². The Morgan fingerprint density at radius 2 is 1.24 bits per heavy atom. The summed E-state index contributed by atoms with van der Waals surface area (Å²) >= 11 is 3.61. The normalized spacial score (nSPS) is 10.7. The quantitative estimate of drug-likeness (QED) is 0.730. The zero-order chi connectivity index (χ0) is 15.0. The molecule has 4 nitrogen and oxygen atoms in total. The lowest BCUT2D eigenvalue weighted by Gasteiger charge is -2.03. The average Bonchev–Trinajstić information content (AvgIpc) is 3.17. The van der Waals surface area contributed by atoms with E-state index >= 15 is 0 Å². The van der Waals surface area contributed by atoms with Gasteiger partial charge in [-0.25, -0.2) is 9.59 Å². The molecule has 3 rings (SSSR count). The van der Waals surface area contributed by atoms with Gasteiger partial charge in [-0.1, -0.05) is 12.1 Å². The minimum absolute atomic E-state index is 0.0678. The predicted molar refractivity (Wildman–Crippen MR) is 84.9 cm³/mol. The fraction of sp³-hybridized carbons (Fsp3) is 0. The molecular weight excluding hydrogens is 328 g/mol. The highest BCUT2D eigenvalue weighted by atomic mass is 32.1. The van der Waals surface area contributed by atoms with Gasteiger partial charge < -0.3 is 10.2 Å². The largest absolute Gasteiger partial charge is 0.477 e. The second kappa shape index (κ2) is 5.44. The molecule has 3 aromatic heterocycles. The van der Waals surface area contributed by atoms with Crippen molar-refractivity contribution in [1.29, 1.82) is 0 Å². The third kappa shape index (κ3) is 2.39. The molecule has 0 bridgehead atoms. The van der Waals surface area contributed by atoms with Crippen LogP contribution in [0.2, 0.25) is 0 Å². The van der Waals surface area contributed by atoms with Gasteiger partial charge in [-0.05, 0) is 22.9 Å². The Morgan fingerprint density at radius 1 is 0.810 bits per heavy atom. The Balaban J connectivity index is 2.39. The van der Waals surface area contributed by atoms with Gasteiger partial charge in [0.25, 0.3) is 0 Å². The van der Waals surface area contributed by atoms with E-state index in [9.17, 15) is 19.8 Å². The van der Waals surface area contributed by atoms with Gasteiger partial charge in [-0.3, -0.25) is 0 Å². The van der Waals surface area contributed by atoms with E-state index in [1.54, 1.807) is 0 Å². The number of hydrogen-bond acceptors (Lipinski definition) is 5. The molecule has 0 atom stereocenters. The van der Waals surface area contributed by atoms with Crippen LogP contribution in [-0.2, 0) is 0 Å². The van der Waals surface area contributed by atoms with Crippen molar-refractivity contribution >= 4 is 45.9 Å². The number of aromatic carboxylic acids is 2. The van der Waals surface area contributed by atoms with E-state index in [2.05, 4.69) is 0 Å². The summed E-state index contributed by atoms with van der Waals surface area (Å²) in [6.45, 7) is 0. The third-order valence-corrected chi connectivity index (χ3v) is 5.77. The first-order chi connectivity index (χ1) is 10.1. The van der Waals surface area contributed by atoms with Crippen LogP contribution in [0.25, 0.3) is 20.9 Å². The summed E-state index contributed by atoms with van der Waals surface area (Å²) in [7, 11) is 0. The summed E-state index contributed by atoms with van der Waals surface area (Å²) in [5.74, 6) is -2.21. The smallest absolute Gasteiger partial charge is 0.346 e. The highest BCUT2D eigenvalue weighted by Crippen LogP contribution is 2.46. The number of thiophene rings is 3. The summed E-state index contributed by atoms with van der Waals surface area (Å²) in [4.78, 5) is 24.7. The average molecular weight is 336 g/mol. The van der Waals surface area contributed by atoms with Gasteiger partial charge in [0.2, 0.25) is 0 Å². The maximum atomic E-state index is 11.5. The lowest BCUT2D eigenvalue weighted by Crippen LogP contribution is -1.95. The van der Waals surface area contributed by atoms with Crippen LogP contribution in [0.15, 0.2) is 35.0 Å². The second-order valence-electron chi connectivity index (χ2n) is 4.08. The van der Waals surface area contributed by atoms with Crippen LogP contribution in [0.1, 0.15) is 19.3 Å². The lowest BCUT2D eigenvalue weighted by molar-refractivity contribution is 0.0694. The fourth-order valence-electron chi connectivity index (χ4n) is 2.04. The molecule has 7 heteroatoms. The van der Waals surface area contributed by atoms with Gasteiger partial charge >= 0.3 is 11.9 Å². The molecule has 0 fully saturated rings. The fourth-order valence-corrected chi connectivity index (χ4v) is 4.75. The van der Waals surface area contributed by atoms with Gasteiger partial charge in [0.15, 0.2) is 0 Å². The van der Waals surface area contributed by atoms with Crippen molar-refractivity contribution in [1.82, 2.24) is 0 Å². The standard InChI is InChI=1S/C14H8O4S3/c15-13(16)11-9(7-3-1-5-19-7)10(8-4-2-6-20-8)12(21-11)14(17)18/h1-6H,(H,15,16)(H,17,18).